The molecule has 1 N–H and O–H groups in total. The van der Waals surface area contributed by atoms with Crippen LogP contribution in [-0.4, -0.2) is 31.8 Å². The van der Waals surface area contributed by atoms with E-state index in [9.17, 15) is 9.18 Å². The van der Waals surface area contributed by atoms with Crippen molar-refractivity contribution >= 4 is 5.91 Å². The molecule has 2 rings (SSSR count). The van der Waals surface area contributed by atoms with Gasteiger partial charge in [-0.25, -0.2) is 4.39 Å². The molecule has 5 heteroatoms. The van der Waals surface area contributed by atoms with Crippen molar-refractivity contribution in [3.63, 3.8) is 0 Å². The van der Waals surface area contributed by atoms with Crippen LogP contribution in [0.1, 0.15) is 19.8 Å². The summed E-state index contributed by atoms with van der Waals surface area (Å²) in [6.45, 7) is 3.46. The van der Waals surface area contributed by atoms with Crippen LogP contribution < -0.4 is 10.1 Å². The summed E-state index contributed by atoms with van der Waals surface area (Å²) < 4.78 is 23.8. The molecule has 0 saturated carbocycles. The van der Waals surface area contributed by atoms with Gasteiger partial charge in [-0.15, -0.1) is 0 Å². The first kappa shape index (κ1) is 14.8. The number of hydrogen-bond acceptors (Lipinski definition) is 3. The highest BCUT2D eigenvalue weighted by Crippen LogP contribution is 2.15. The third kappa shape index (κ3) is 4.49. The predicted octanol–water partition coefficient (Wildman–Crippen LogP) is 2.14. The van der Waals surface area contributed by atoms with Crippen LogP contribution in [-0.2, 0) is 9.53 Å². The highest BCUT2D eigenvalue weighted by atomic mass is 19.1. The lowest BCUT2D eigenvalue weighted by molar-refractivity contribution is -0.129. The van der Waals surface area contributed by atoms with Crippen LogP contribution in [0.3, 0.4) is 0 Å². The van der Waals surface area contributed by atoms with Gasteiger partial charge in [0.25, 0.3) is 0 Å². The fourth-order valence-electron chi connectivity index (χ4n) is 2.15. The maximum atomic E-state index is 13.0. The Kier molecular flexibility index (Phi) is 5.35. The van der Waals surface area contributed by atoms with E-state index in [0.29, 0.717) is 18.9 Å². The van der Waals surface area contributed by atoms with E-state index in [4.69, 9.17) is 9.47 Å². The van der Waals surface area contributed by atoms with Gasteiger partial charge in [-0.1, -0.05) is 6.07 Å². The Balaban J connectivity index is 1.74. The molecular formula is C15H20FNO3. The molecule has 1 heterocycles. The van der Waals surface area contributed by atoms with Crippen LogP contribution >= 0.6 is 0 Å². The molecule has 0 spiro atoms. The second kappa shape index (κ2) is 7.24. The van der Waals surface area contributed by atoms with Gasteiger partial charge in [0.1, 0.15) is 17.7 Å². The van der Waals surface area contributed by atoms with Gasteiger partial charge < -0.3 is 14.8 Å². The average molecular weight is 281 g/mol. The lowest BCUT2D eigenvalue weighted by atomic mass is 10.0. The van der Waals surface area contributed by atoms with Crippen LogP contribution in [0.5, 0.6) is 5.75 Å². The zero-order valence-electron chi connectivity index (χ0n) is 11.6. The molecule has 1 aliphatic rings. The monoisotopic (exact) mass is 281 g/mol. The molecule has 0 bridgehead atoms. The van der Waals surface area contributed by atoms with Gasteiger partial charge in [-0.2, -0.15) is 0 Å². The van der Waals surface area contributed by atoms with E-state index in [1.807, 2.05) is 6.92 Å². The third-order valence-electron chi connectivity index (χ3n) is 3.23. The summed E-state index contributed by atoms with van der Waals surface area (Å²) in [7, 11) is 0. The van der Waals surface area contributed by atoms with Crippen molar-refractivity contribution in [2.75, 3.05) is 19.8 Å². The molecule has 1 saturated heterocycles. The number of carbonyl (C=O) groups is 1. The minimum absolute atomic E-state index is 0.000563. The van der Waals surface area contributed by atoms with Crippen LogP contribution in [0.4, 0.5) is 4.39 Å². The number of carbonyl (C=O) groups excluding carboxylic acids is 1. The van der Waals surface area contributed by atoms with E-state index >= 15 is 0 Å². The summed E-state index contributed by atoms with van der Waals surface area (Å²) in [6, 6.07) is 5.97. The van der Waals surface area contributed by atoms with Gasteiger partial charge in [-0.3, -0.25) is 4.79 Å². The maximum Gasteiger partial charge on any atom is 0.225 e. The van der Waals surface area contributed by atoms with Gasteiger partial charge in [0, 0.05) is 12.7 Å². The maximum absolute atomic E-state index is 13.0. The molecule has 4 nitrogen and oxygen atoms in total. The number of halogens is 1. The zero-order valence-corrected chi connectivity index (χ0v) is 11.6. The predicted molar refractivity (Wildman–Crippen MR) is 73.0 cm³/mol. The van der Waals surface area contributed by atoms with E-state index < -0.39 is 0 Å². The lowest BCUT2D eigenvalue weighted by Crippen LogP contribution is -2.40. The van der Waals surface area contributed by atoms with Crippen molar-refractivity contribution in [1.29, 1.82) is 0 Å². The Hall–Kier alpha value is -1.62. The molecule has 0 unspecified atom stereocenters. The van der Waals surface area contributed by atoms with E-state index in [1.165, 1.54) is 12.1 Å². The van der Waals surface area contributed by atoms with Crippen molar-refractivity contribution in [3.05, 3.63) is 30.1 Å². The number of amides is 1. The second-order valence-electron chi connectivity index (χ2n) is 5.05. The molecule has 1 aromatic rings. The topological polar surface area (TPSA) is 47.6 Å². The Morgan fingerprint density at radius 2 is 2.45 bits per heavy atom. The molecule has 1 amide bonds. The summed E-state index contributed by atoms with van der Waals surface area (Å²) in [5.74, 6) is 0.0651. The van der Waals surface area contributed by atoms with Crippen LogP contribution in [0.25, 0.3) is 0 Å². The van der Waals surface area contributed by atoms with Gasteiger partial charge in [0.2, 0.25) is 5.91 Å². The smallest absolute Gasteiger partial charge is 0.225 e. The highest BCUT2D eigenvalue weighted by molar-refractivity contribution is 5.78. The SMILES string of the molecule is C[C@@H](CNC(=O)[C@@H]1CCCOC1)Oc1cccc(F)c1. The first-order valence-corrected chi connectivity index (χ1v) is 6.93. The van der Waals surface area contributed by atoms with Gasteiger partial charge in [0.05, 0.1) is 19.1 Å². The molecule has 110 valence electrons. The number of nitrogens with one attached hydrogen (secondary N) is 1. The highest BCUT2D eigenvalue weighted by Gasteiger charge is 2.21. The first-order valence-electron chi connectivity index (χ1n) is 6.93. The minimum atomic E-state index is -0.335. The summed E-state index contributed by atoms with van der Waals surface area (Å²) >= 11 is 0. The van der Waals surface area contributed by atoms with Crippen molar-refractivity contribution < 1.29 is 18.7 Å². The molecule has 0 aliphatic carbocycles. The van der Waals surface area contributed by atoms with Gasteiger partial charge in [-0.05, 0) is 31.9 Å². The molecule has 1 aromatic carbocycles. The molecule has 0 aromatic heterocycles. The Bertz CT molecular complexity index is 446. The molecule has 0 radical (unpaired) electrons. The summed E-state index contributed by atoms with van der Waals surface area (Å²) in [4.78, 5) is 11.9. The summed E-state index contributed by atoms with van der Waals surface area (Å²) in [5.41, 5.74) is 0. The second-order valence-corrected chi connectivity index (χ2v) is 5.05. The fourth-order valence-corrected chi connectivity index (χ4v) is 2.15. The molecule has 2 atom stereocenters. The average Bonchev–Trinajstić information content (AvgIpc) is 2.46. The Labute approximate surface area is 118 Å². The Morgan fingerprint density at radius 3 is 3.15 bits per heavy atom. The molecular weight excluding hydrogens is 261 g/mol. The number of hydrogen-bond donors (Lipinski definition) is 1. The molecule has 20 heavy (non-hydrogen) atoms. The van der Waals surface area contributed by atoms with Crippen molar-refractivity contribution in [2.24, 2.45) is 5.92 Å². The largest absolute Gasteiger partial charge is 0.489 e. The van der Waals surface area contributed by atoms with Crippen LogP contribution in [0.2, 0.25) is 0 Å². The van der Waals surface area contributed by atoms with E-state index in [2.05, 4.69) is 5.32 Å². The van der Waals surface area contributed by atoms with Gasteiger partial charge >= 0.3 is 0 Å². The number of benzene rings is 1. The van der Waals surface area contributed by atoms with Crippen LogP contribution in [0.15, 0.2) is 24.3 Å². The summed E-state index contributed by atoms with van der Waals surface area (Å²) in [6.07, 6.45) is 1.57. The Morgan fingerprint density at radius 1 is 1.60 bits per heavy atom. The number of ether oxygens (including phenoxy) is 2. The van der Waals surface area contributed by atoms with Crippen molar-refractivity contribution in [1.82, 2.24) is 5.32 Å². The number of rotatable bonds is 5. The molecule has 1 aliphatic heterocycles. The van der Waals surface area contributed by atoms with E-state index in [-0.39, 0.29) is 23.7 Å². The molecule has 1 fully saturated rings. The third-order valence-corrected chi connectivity index (χ3v) is 3.23. The lowest BCUT2D eigenvalue weighted by Gasteiger charge is -2.22. The quantitative estimate of drug-likeness (QED) is 0.899. The van der Waals surface area contributed by atoms with E-state index in [1.54, 1.807) is 12.1 Å². The summed E-state index contributed by atoms with van der Waals surface area (Å²) in [5, 5.41) is 2.85. The van der Waals surface area contributed by atoms with Crippen molar-refractivity contribution in [2.45, 2.75) is 25.9 Å². The fraction of sp³-hybridized carbons (Fsp3) is 0.533. The standard InChI is InChI=1S/C15H20FNO3/c1-11(20-14-6-2-5-13(16)8-14)9-17-15(18)12-4-3-7-19-10-12/h2,5-6,8,11-12H,3-4,7,9-10H2,1H3,(H,17,18)/t11-,12+/m0/s1. The zero-order chi connectivity index (χ0) is 14.4. The minimum Gasteiger partial charge on any atom is -0.489 e. The van der Waals surface area contributed by atoms with Crippen molar-refractivity contribution in [3.8, 4) is 5.75 Å². The normalized spacial score (nSPS) is 20.2. The van der Waals surface area contributed by atoms with E-state index in [0.717, 1.165) is 19.4 Å². The first-order chi connectivity index (χ1) is 9.65. The van der Waals surface area contributed by atoms with Gasteiger partial charge in [0.15, 0.2) is 0 Å². The van der Waals surface area contributed by atoms with Crippen LogP contribution in [0, 0.1) is 11.7 Å².